The lowest BCUT2D eigenvalue weighted by Crippen LogP contribution is -2.10. The molecule has 9 aromatic rings. The van der Waals surface area contributed by atoms with Gasteiger partial charge in [-0.1, -0.05) is 91.0 Å². The van der Waals surface area contributed by atoms with Gasteiger partial charge in [0, 0.05) is 54.0 Å². The molecule has 0 N–H and O–H groups in total. The first-order valence-electron chi connectivity index (χ1n) is 17.4. The maximum atomic E-state index is 9.60. The normalized spacial score (nSPS) is 11.0. The Kier molecular flexibility index (Phi) is 8.10. The molecule has 0 spiro atoms. The molecule has 1 heterocycles. The largest absolute Gasteiger partial charge is 0.310 e. The molecule has 5 heteroatoms. The maximum Gasteiger partial charge on any atom is 0.0991 e. The van der Waals surface area contributed by atoms with Gasteiger partial charge in [-0.3, -0.25) is 0 Å². The molecule has 0 bridgehead atoms. The molecule has 0 aliphatic rings. The zero-order valence-corrected chi connectivity index (χ0v) is 29.3. The predicted molar refractivity (Wildman–Crippen MR) is 221 cm³/mol. The summed E-state index contributed by atoms with van der Waals surface area (Å²) < 4.78 is 2.38. The van der Waals surface area contributed by atoms with Crippen molar-refractivity contribution in [1.29, 1.82) is 10.5 Å². The van der Waals surface area contributed by atoms with Gasteiger partial charge in [0.15, 0.2) is 0 Å². The van der Waals surface area contributed by atoms with Gasteiger partial charge in [-0.25, -0.2) is 0 Å². The Labute approximate surface area is 311 Å². The third kappa shape index (κ3) is 5.82. The van der Waals surface area contributed by atoms with Crippen molar-refractivity contribution in [2.75, 3.05) is 9.80 Å². The Morgan fingerprint density at radius 2 is 0.868 bits per heavy atom. The number of nitrogens with zero attached hydrogens (tertiary/aromatic N) is 4. The second-order valence-corrected chi connectivity index (χ2v) is 13.9. The molecule has 0 fully saturated rings. The van der Waals surface area contributed by atoms with Crippen LogP contribution in [0.15, 0.2) is 182 Å². The van der Waals surface area contributed by atoms with E-state index < -0.39 is 0 Å². The fourth-order valence-electron chi connectivity index (χ4n) is 7.19. The molecule has 9 rings (SSSR count). The number of hydrogen-bond acceptors (Lipinski definition) is 5. The van der Waals surface area contributed by atoms with Gasteiger partial charge in [0.1, 0.15) is 0 Å². The monoisotopic (exact) mass is 694 g/mol. The highest BCUT2D eigenvalue weighted by Gasteiger charge is 2.21. The van der Waals surface area contributed by atoms with E-state index in [-0.39, 0.29) is 0 Å². The van der Waals surface area contributed by atoms with Gasteiger partial charge in [0.2, 0.25) is 0 Å². The number of benzene rings is 8. The highest BCUT2D eigenvalue weighted by atomic mass is 32.1. The van der Waals surface area contributed by atoms with Crippen molar-refractivity contribution >= 4 is 76.4 Å². The van der Waals surface area contributed by atoms with E-state index in [1.165, 1.54) is 31.1 Å². The number of fused-ring (bicyclic) bond motifs is 5. The summed E-state index contributed by atoms with van der Waals surface area (Å²) in [5.41, 5.74) is 9.73. The molecule has 0 aliphatic heterocycles. The van der Waals surface area contributed by atoms with Crippen LogP contribution in [0.1, 0.15) is 11.1 Å². The third-order valence-corrected chi connectivity index (χ3v) is 10.8. The summed E-state index contributed by atoms with van der Waals surface area (Å²) in [5.74, 6) is 0. The SMILES string of the molecule is N#Cc1ccc(N(c2ccccc2)c2ccc3c(c2)sc2cc(N(c4ccc(C#N)cc4)c4ccc(-c5ccccc5)cc4)c4ccccc4c23)cc1. The zero-order valence-electron chi connectivity index (χ0n) is 28.5. The average molecular weight is 695 g/mol. The lowest BCUT2D eigenvalue weighted by Gasteiger charge is -2.27. The van der Waals surface area contributed by atoms with E-state index in [2.05, 4.69) is 131 Å². The Bertz CT molecular complexity index is 2830. The molecule has 53 heavy (non-hydrogen) atoms. The molecule has 4 nitrogen and oxygen atoms in total. The number of rotatable bonds is 7. The molecular weight excluding hydrogens is 665 g/mol. The number of hydrogen-bond donors (Lipinski definition) is 0. The van der Waals surface area contributed by atoms with Crippen LogP contribution in [0.4, 0.5) is 34.1 Å². The van der Waals surface area contributed by atoms with Gasteiger partial charge in [-0.2, -0.15) is 10.5 Å². The second-order valence-electron chi connectivity index (χ2n) is 12.8. The highest BCUT2D eigenvalue weighted by Crippen LogP contribution is 2.48. The van der Waals surface area contributed by atoms with Crippen LogP contribution < -0.4 is 9.80 Å². The first-order valence-corrected chi connectivity index (χ1v) is 18.2. The van der Waals surface area contributed by atoms with Crippen molar-refractivity contribution in [3.05, 3.63) is 193 Å². The summed E-state index contributed by atoms with van der Waals surface area (Å²) in [5, 5.41) is 23.8. The van der Waals surface area contributed by atoms with E-state index in [0.717, 1.165) is 45.1 Å². The van der Waals surface area contributed by atoms with Gasteiger partial charge < -0.3 is 9.80 Å². The van der Waals surface area contributed by atoms with E-state index in [1.807, 2.05) is 72.8 Å². The summed E-state index contributed by atoms with van der Waals surface area (Å²) in [7, 11) is 0. The first kappa shape index (κ1) is 31.8. The minimum Gasteiger partial charge on any atom is -0.310 e. The Hall–Kier alpha value is -7.18. The van der Waals surface area contributed by atoms with Crippen LogP contribution in [-0.4, -0.2) is 0 Å². The van der Waals surface area contributed by atoms with Crippen LogP contribution in [0, 0.1) is 22.7 Å². The molecule has 248 valence electrons. The lowest BCUT2D eigenvalue weighted by atomic mass is 10.00. The van der Waals surface area contributed by atoms with Crippen LogP contribution in [-0.2, 0) is 0 Å². The topological polar surface area (TPSA) is 54.1 Å². The molecular formula is C48H30N4S. The molecule has 8 aromatic carbocycles. The molecule has 0 aliphatic carbocycles. The van der Waals surface area contributed by atoms with Gasteiger partial charge >= 0.3 is 0 Å². The van der Waals surface area contributed by atoms with Crippen molar-refractivity contribution in [2.24, 2.45) is 0 Å². The summed E-state index contributed by atoms with van der Waals surface area (Å²) in [6.45, 7) is 0. The molecule has 0 saturated heterocycles. The fourth-order valence-corrected chi connectivity index (χ4v) is 8.38. The molecule has 0 unspecified atom stereocenters. The number of anilines is 6. The van der Waals surface area contributed by atoms with Gasteiger partial charge in [0.05, 0.1) is 29.0 Å². The summed E-state index contributed by atoms with van der Waals surface area (Å²) in [6.07, 6.45) is 0. The summed E-state index contributed by atoms with van der Waals surface area (Å²) >= 11 is 1.79. The van der Waals surface area contributed by atoms with Gasteiger partial charge in [0.25, 0.3) is 0 Å². The van der Waals surface area contributed by atoms with E-state index in [9.17, 15) is 10.5 Å². The minimum atomic E-state index is 0.624. The molecule has 0 saturated carbocycles. The van der Waals surface area contributed by atoms with E-state index in [4.69, 9.17) is 0 Å². The minimum absolute atomic E-state index is 0.624. The third-order valence-electron chi connectivity index (χ3n) is 9.70. The van der Waals surface area contributed by atoms with Gasteiger partial charge in [-0.05, 0) is 108 Å². The van der Waals surface area contributed by atoms with Crippen LogP contribution in [0.3, 0.4) is 0 Å². The van der Waals surface area contributed by atoms with Crippen molar-refractivity contribution in [3.8, 4) is 23.3 Å². The van der Waals surface area contributed by atoms with Crippen LogP contribution in [0.2, 0.25) is 0 Å². The second kappa shape index (κ2) is 13.5. The quantitative estimate of drug-likeness (QED) is 0.167. The maximum absolute atomic E-state index is 9.60. The fraction of sp³-hybridized carbons (Fsp3) is 0. The van der Waals surface area contributed by atoms with Crippen LogP contribution >= 0.6 is 11.3 Å². The smallest absolute Gasteiger partial charge is 0.0991 e. The molecule has 1 aromatic heterocycles. The predicted octanol–water partition coefficient (Wildman–Crippen LogP) is 13.6. The van der Waals surface area contributed by atoms with Crippen molar-refractivity contribution in [3.63, 3.8) is 0 Å². The molecule has 0 atom stereocenters. The first-order chi connectivity index (χ1) is 26.2. The van der Waals surface area contributed by atoms with Gasteiger partial charge in [-0.15, -0.1) is 11.3 Å². The number of para-hydroxylation sites is 1. The van der Waals surface area contributed by atoms with E-state index in [1.54, 1.807) is 11.3 Å². The van der Waals surface area contributed by atoms with E-state index in [0.29, 0.717) is 11.1 Å². The van der Waals surface area contributed by atoms with Crippen LogP contribution in [0.5, 0.6) is 0 Å². The Morgan fingerprint density at radius 3 is 1.49 bits per heavy atom. The Balaban J connectivity index is 1.23. The van der Waals surface area contributed by atoms with E-state index >= 15 is 0 Å². The highest BCUT2D eigenvalue weighted by molar-refractivity contribution is 7.26. The Morgan fingerprint density at radius 1 is 0.377 bits per heavy atom. The lowest BCUT2D eigenvalue weighted by molar-refractivity contribution is 1.29. The molecule has 0 radical (unpaired) electrons. The van der Waals surface area contributed by atoms with Crippen LogP contribution in [0.25, 0.3) is 42.1 Å². The number of nitriles is 2. The zero-order chi connectivity index (χ0) is 35.7. The van der Waals surface area contributed by atoms with Crippen molar-refractivity contribution in [2.45, 2.75) is 0 Å². The summed E-state index contributed by atoms with van der Waals surface area (Å²) in [4.78, 5) is 4.54. The van der Waals surface area contributed by atoms with Crippen molar-refractivity contribution in [1.82, 2.24) is 0 Å². The molecule has 0 amide bonds. The summed E-state index contributed by atoms with van der Waals surface area (Å²) in [6, 6.07) is 67.2. The number of thiophene rings is 1. The average Bonchev–Trinajstić information content (AvgIpc) is 3.60. The van der Waals surface area contributed by atoms with Crippen molar-refractivity contribution < 1.29 is 0 Å². The standard InChI is InChI=1S/C48H30N4S/c49-31-33-15-21-38(22-16-33)51(37-11-5-2-6-12-37)41-27-28-44-46(29-41)53-47-30-45(42-13-7-8-14-43(42)48(44)47)52(39-23-17-34(32-50)18-24-39)40-25-19-36(20-26-40)35-9-3-1-4-10-35/h1-30H.